The lowest BCUT2D eigenvalue weighted by Gasteiger charge is -2.16. The Morgan fingerprint density at radius 1 is 1.19 bits per heavy atom. The second-order valence-corrected chi connectivity index (χ2v) is 7.39. The maximum atomic E-state index is 12.9. The number of carbonyl (C=O) groups excluding carboxylic acids is 1. The van der Waals surface area contributed by atoms with Crippen LogP contribution in [-0.2, 0) is 0 Å². The number of rotatable bonds is 3. The number of H-pyrrole nitrogens is 1. The van der Waals surface area contributed by atoms with Gasteiger partial charge in [-0.1, -0.05) is 11.6 Å². The Hall–Kier alpha value is -1.17. The Balaban J connectivity index is 2.03. The van der Waals surface area contributed by atoms with Crippen LogP contribution in [0, 0.1) is 0 Å². The summed E-state index contributed by atoms with van der Waals surface area (Å²) >= 11 is 9.36. The fourth-order valence-corrected chi connectivity index (χ4v) is 4.78. The highest BCUT2D eigenvalue weighted by atomic mass is 35.5. The summed E-state index contributed by atoms with van der Waals surface area (Å²) < 4.78 is 1.05. The van der Waals surface area contributed by atoms with Crippen LogP contribution in [0.2, 0.25) is 5.02 Å². The first-order valence-corrected chi connectivity index (χ1v) is 8.90. The van der Waals surface area contributed by atoms with Gasteiger partial charge in [-0.05, 0) is 42.2 Å². The van der Waals surface area contributed by atoms with Crippen LogP contribution >= 0.6 is 35.1 Å². The Morgan fingerprint density at radius 2 is 1.90 bits per heavy atom. The molecule has 1 N–H and O–H groups in total. The molecule has 3 nitrogen and oxygen atoms in total. The maximum Gasteiger partial charge on any atom is 0.198 e. The molecule has 0 aliphatic carbocycles. The quantitative estimate of drug-likeness (QED) is 0.663. The average molecular weight is 337 g/mol. The van der Waals surface area contributed by atoms with E-state index in [4.69, 9.17) is 11.6 Å². The van der Waals surface area contributed by atoms with Gasteiger partial charge in [0.1, 0.15) is 5.82 Å². The number of nitrogens with zero attached hydrogens (tertiary/aromatic N) is 1. The molecule has 1 fully saturated rings. The highest BCUT2D eigenvalue weighted by Gasteiger charge is 2.23. The van der Waals surface area contributed by atoms with Gasteiger partial charge in [0.25, 0.3) is 0 Å². The van der Waals surface area contributed by atoms with E-state index in [1.54, 1.807) is 60.2 Å². The normalized spacial score (nSPS) is 15.0. The molecule has 2 aromatic rings. The van der Waals surface area contributed by atoms with E-state index in [1.165, 1.54) is 6.42 Å². The number of allylic oxidation sites excluding steroid dienone is 1. The van der Waals surface area contributed by atoms with Gasteiger partial charge in [-0.2, -0.15) is 0 Å². The van der Waals surface area contributed by atoms with Crippen molar-refractivity contribution in [3.8, 4) is 0 Å². The summed E-state index contributed by atoms with van der Waals surface area (Å²) in [6.45, 7) is 0. The van der Waals surface area contributed by atoms with E-state index in [-0.39, 0.29) is 5.78 Å². The molecule has 2 heterocycles. The minimum absolute atomic E-state index is 0.0153. The lowest BCUT2D eigenvalue weighted by atomic mass is 10.0. The molecule has 0 bridgehead atoms. The van der Waals surface area contributed by atoms with Crippen LogP contribution in [0.1, 0.15) is 22.6 Å². The standard InChI is InChI=1S/C15H13ClN2OS2/c16-11-4-2-10(3-5-11)13(19)12(14-17-6-7-18-14)15-20-8-1-9-21-15/h2-7H,1,8-9H2,(H,17,18). The van der Waals surface area contributed by atoms with Gasteiger partial charge in [0, 0.05) is 23.0 Å². The zero-order valence-electron chi connectivity index (χ0n) is 11.1. The largest absolute Gasteiger partial charge is 0.344 e. The van der Waals surface area contributed by atoms with Gasteiger partial charge in [0.15, 0.2) is 5.78 Å². The lowest BCUT2D eigenvalue weighted by Crippen LogP contribution is -2.08. The molecule has 3 rings (SSSR count). The number of carbonyl (C=O) groups is 1. The number of aromatic nitrogens is 2. The van der Waals surface area contributed by atoms with E-state index in [0.29, 0.717) is 22.0 Å². The summed E-state index contributed by atoms with van der Waals surface area (Å²) in [6, 6.07) is 6.99. The first-order chi connectivity index (χ1) is 10.3. The number of imidazole rings is 1. The topological polar surface area (TPSA) is 45.8 Å². The fourth-order valence-electron chi connectivity index (χ4n) is 2.02. The molecule has 0 amide bonds. The molecule has 0 atom stereocenters. The van der Waals surface area contributed by atoms with E-state index >= 15 is 0 Å². The first-order valence-electron chi connectivity index (χ1n) is 6.55. The number of aromatic amines is 1. The van der Waals surface area contributed by atoms with E-state index < -0.39 is 0 Å². The predicted octanol–water partition coefficient (Wildman–Crippen LogP) is 4.48. The molecule has 0 spiro atoms. The molecule has 0 radical (unpaired) electrons. The van der Waals surface area contributed by atoms with Crippen LogP contribution in [0.5, 0.6) is 0 Å². The molecule has 0 unspecified atom stereocenters. The third-order valence-corrected chi connectivity index (χ3v) is 5.90. The summed E-state index contributed by atoms with van der Waals surface area (Å²) in [7, 11) is 0. The summed E-state index contributed by atoms with van der Waals surface area (Å²) in [5, 5.41) is 0.625. The van der Waals surface area contributed by atoms with Crippen molar-refractivity contribution in [1.29, 1.82) is 0 Å². The average Bonchev–Trinajstić information content (AvgIpc) is 3.03. The molecule has 21 heavy (non-hydrogen) atoms. The van der Waals surface area contributed by atoms with Gasteiger partial charge in [-0.25, -0.2) is 4.98 Å². The number of halogens is 1. The van der Waals surface area contributed by atoms with E-state index in [1.807, 2.05) is 0 Å². The van der Waals surface area contributed by atoms with Crippen LogP contribution in [0.15, 0.2) is 40.9 Å². The van der Waals surface area contributed by atoms with Crippen molar-refractivity contribution >= 4 is 46.5 Å². The van der Waals surface area contributed by atoms with Gasteiger partial charge in [-0.3, -0.25) is 4.79 Å². The molecule has 1 aliphatic rings. The third-order valence-electron chi connectivity index (χ3n) is 3.03. The number of benzene rings is 1. The summed E-state index contributed by atoms with van der Waals surface area (Å²) in [5.41, 5.74) is 1.29. The molecule has 1 saturated heterocycles. The highest BCUT2D eigenvalue weighted by Crippen LogP contribution is 2.40. The molecular weight excluding hydrogens is 324 g/mol. The molecule has 0 saturated carbocycles. The monoisotopic (exact) mass is 336 g/mol. The highest BCUT2D eigenvalue weighted by molar-refractivity contribution is 8.23. The van der Waals surface area contributed by atoms with Crippen molar-refractivity contribution in [1.82, 2.24) is 9.97 Å². The summed E-state index contributed by atoms with van der Waals surface area (Å²) in [5.74, 6) is 2.70. The molecule has 1 aliphatic heterocycles. The number of hydrogen-bond donors (Lipinski definition) is 1. The summed E-state index contributed by atoms with van der Waals surface area (Å²) in [4.78, 5) is 20.2. The van der Waals surface area contributed by atoms with Crippen molar-refractivity contribution in [3.63, 3.8) is 0 Å². The Kier molecular flexibility index (Phi) is 4.73. The Labute approximate surface area is 136 Å². The lowest BCUT2D eigenvalue weighted by molar-refractivity contribution is 0.105. The Bertz CT molecular complexity index is 657. The number of nitrogens with one attached hydrogen (secondary N) is 1. The summed E-state index contributed by atoms with van der Waals surface area (Å²) in [6.07, 6.45) is 4.58. The molecule has 6 heteroatoms. The van der Waals surface area contributed by atoms with Gasteiger partial charge >= 0.3 is 0 Å². The van der Waals surface area contributed by atoms with Crippen molar-refractivity contribution in [2.24, 2.45) is 0 Å². The second kappa shape index (κ2) is 6.73. The minimum atomic E-state index is -0.0153. The minimum Gasteiger partial charge on any atom is -0.344 e. The second-order valence-electron chi connectivity index (χ2n) is 4.49. The first kappa shape index (κ1) is 14.8. The smallest absolute Gasteiger partial charge is 0.198 e. The zero-order valence-corrected chi connectivity index (χ0v) is 13.5. The van der Waals surface area contributed by atoms with Crippen molar-refractivity contribution in [3.05, 3.63) is 57.3 Å². The molecule has 108 valence electrons. The van der Waals surface area contributed by atoms with Crippen molar-refractivity contribution in [2.75, 3.05) is 11.5 Å². The van der Waals surface area contributed by atoms with E-state index in [2.05, 4.69) is 9.97 Å². The van der Waals surface area contributed by atoms with Crippen LogP contribution in [0.25, 0.3) is 5.57 Å². The van der Waals surface area contributed by atoms with Crippen LogP contribution in [0.4, 0.5) is 0 Å². The van der Waals surface area contributed by atoms with Crippen LogP contribution in [-0.4, -0.2) is 27.3 Å². The van der Waals surface area contributed by atoms with E-state index in [0.717, 1.165) is 15.7 Å². The van der Waals surface area contributed by atoms with Gasteiger partial charge in [0.05, 0.1) is 9.81 Å². The van der Waals surface area contributed by atoms with Crippen molar-refractivity contribution in [2.45, 2.75) is 6.42 Å². The van der Waals surface area contributed by atoms with Gasteiger partial charge < -0.3 is 4.98 Å². The number of ketones is 1. The maximum absolute atomic E-state index is 12.9. The predicted molar refractivity (Wildman–Crippen MR) is 90.8 cm³/mol. The van der Waals surface area contributed by atoms with Crippen molar-refractivity contribution < 1.29 is 4.79 Å². The van der Waals surface area contributed by atoms with Gasteiger partial charge in [-0.15, -0.1) is 23.5 Å². The van der Waals surface area contributed by atoms with E-state index in [9.17, 15) is 4.79 Å². The fraction of sp³-hybridized carbons (Fsp3) is 0.200. The SMILES string of the molecule is O=C(C(=C1SCCCS1)c1ncc[nH]1)c1ccc(Cl)cc1. The Morgan fingerprint density at radius 3 is 2.52 bits per heavy atom. The number of thioether (sulfide) groups is 2. The number of Topliss-reactive ketones (excluding diaryl/α,β-unsaturated/α-hetero) is 1. The molecule has 1 aromatic carbocycles. The van der Waals surface area contributed by atoms with Gasteiger partial charge in [0.2, 0.25) is 0 Å². The zero-order chi connectivity index (χ0) is 14.7. The molecular formula is C15H13ClN2OS2. The third kappa shape index (κ3) is 3.36. The van der Waals surface area contributed by atoms with Crippen LogP contribution < -0.4 is 0 Å². The number of hydrogen-bond acceptors (Lipinski definition) is 4. The molecule has 1 aromatic heterocycles. The van der Waals surface area contributed by atoms with Crippen LogP contribution in [0.3, 0.4) is 0 Å².